The Labute approximate surface area is 166 Å². The second kappa shape index (κ2) is 8.18. The minimum Gasteiger partial charge on any atom is -0.354 e. The molecule has 2 heterocycles. The van der Waals surface area contributed by atoms with E-state index in [1.54, 1.807) is 4.90 Å². The molecule has 2 amide bonds. The highest BCUT2D eigenvalue weighted by molar-refractivity contribution is 7.88. The molecule has 28 heavy (non-hydrogen) atoms. The van der Waals surface area contributed by atoms with Crippen LogP contribution in [0.15, 0.2) is 24.3 Å². The monoisotopic (exact) mass is 408 g/mol. The Morgan fingerprint density at radius 1 is 1.25 bits per heavy atom. The van der Waals surface area contributed by atoms with Crippen molar-refractivity contribution in [2.75, 3.05) is 25.9 Å². The molecule has 1 aromatic rings. The van der Waals surface area contributed by atoms with Crippen LogP contribution in [0.1, 0.15) is 24.5 Å². The molecular weight excluding hydrogens is 380 g/mol. The van der Waals surface area contributed by atoms with Gasteiger partial charge in [-0.3, -0.25) is 14.5 Å². The third-order valence-corrected chi connectivity index (χ3v) is 6.19. The number of hydrogen-bond donors (Lipinski definition) is 2. The third-order valence-electron chi connectivity index (χ3n) is 5.43. The van der Waals surface area contributed by atoms with Gasteiger partial charge in [0.1, 0.15) is 6.04 Å². The largest absolute Gasteiger partial charge is 0.354 e. The fourth-order valence-corrected chi connectivity index (χ4v) is 4.91. The smallest absolute Gasteiger partial charge is 0.242 e. The third kappa shape index (κ3) is 4.89. The lowest BCUT2D eigenvalue weighted by Gasteiger charge is -2.43. The number of fused-ring (bicyclic) bond motifs is 1. The summed E-state index contributed by atoms with van der Waals surface area (Å²) in [5.41, 5.74) is 2.29. The first-order chi connectivity index (χ1) is 13.1. The molecular formula is C19H28N4O4S. The number of hydrogen-bond acceptors (Lipinski definition) is 5. The van der Waals surface area contributed by atoms with Gasteiger partial charge in [-0.15, -0.1) is 0 Å². The summed E-state index contributed by atoms with van der Waals surface area (Å²) >= 11 is 0. The molecule has 2 saturated heterocycles. The summed E-state index contributed by atoms with van der Waals surface area (Å²) in [7, 11) is -3.33. The normalized spacial score (nSPS) is 25.6. The lowest BCUT2D eigenvalue weighted by molar-refractivity contribution is -0.144. The zero-order valence-corrected chi connectivity index (χ0v) is 17.3. The van der Waals surface area contributed by atoms with Crippen LogP contribution in [0.2, 0.25) is 0 Å². The van der Waals surface area contributed by atoms with Crippen LogP contribution in [0.25, 0.3) is 0 Å². The van der Waals surface area contributed by atoms with Gasteiger partial charge < -0.3 is 10.2 Å². The average Bonchev–Trinajstić information content (AvgIpc) is 2.97. The summed E-state index contributed by atoms with van der Waals surface area (Å²) in [5, 5.41) is 2.77. The second-order valence-corrected chi connectivity index (χ2v) is 9.56. The number of carbonyl (C=O) groups excluding carboxylic acids is 2. The SMILES string of the molecule is CC(=O)NC[C@H]1C(=O)N2C[C@@H](NS(C)(=O)=O)C[C@H]2CN1Cc1ccccc1C. The minimum absolute atomic E-state index is 0.0376. The maximum Gasteiger partial charge on any atom is 0.242 e. The number of nitrogens with zero attached hydrogens (tertiary/aromatic N) is 2. The summed E-state index contributed by atoms with van der Waals surface area (Å²) in [6.45, 7) is 5.34. The number of rotatable bonds is 6. The van der Waals surface area contributed by atoms with E-state index in [0.29, 0.717) is 26.1 Å². The van der Waals surface area contributed by atoms with Crippen molar-refractivity contribution in [1.82, 2.24) is 19.8 Å². The predicted octanol–water partition coefficient (Wildman–Crippen LogP) is -0.166. The molecule has 154 valence electrons. The topological polar surface area (TPSA) is 98.8 Å². The molecule has 2 N–H and O–H groups in total. The van der Waals surface area contributed by atoms with Crippen molar-refractivity contribution in [3.8, 4) is 0 Å². The van der Waals surface area contributed by atoms with Gasteiger partial charge in [0, 0.05) is 45.2 Å². The van der Waals surface area contributed by atoms with Crippen LogP contribution >= 0.6 is 0 Å². The van der Waals surface area contributed by atoms with Crippen LogP contribution in [0.4, 0.5) is 0 Å². The molecule has 0 aliphatic carbocycles. The number of carbonyl (C=O) groups is 2. The molecule has 2 fully saturated rings. The maximum absolute atomic E-state index is 13.2. The van der Waals surface area contributed by atoms with Crippen LogP contribution < -0.4 is 10.0 Å². The Morgan fingerprint density at radius 2 is 1.96 bits per heavy atom. The van der Waals surface area contributed by atoms with Crippen molar-refractivity contribution >= 4 is 21.8 Å². The fraction of sp³-hybridized carbons (Fsp3) is 0.579. The highest BCUT2D eigenvalue weighted by atomic mass is 32.2. The van der Waals surface area contributed by atoms with Crippen molar-refractivity contribution in [1.29, 1.82) is 0 Å². The van der Waals surface area contributed by atoms with E-state index < -0.39 is 16.1 Å². The summed E-state index contributed by atoms with van der Waals surface area (Å²) in [6.07, 6.45) is 1.73. The van der Waals surface area contributed by atoms with Crippen molar-refractivity contribution in [3.05, 3.63) is 35.4 Å². The van der Waals surface area contributed by atoms with Gasteiger partial charge in [-0.1, -0.05) is 24.3 Å². The summed E-state index contributed by atoms with van der Waals surface area (Å²) in [6, 6.07) is 7.27. The molecule has 0 spiro atoms. The molecule has 0 bridgehead atoms. The lowest BCUT2D eigenvalue weighted by Crippen LogP contribution is -2.62. The van der Waals surface area contributed by atoms with Gasteiger partial charge in [-0.2, -0.15) is 0 Å². The molecule has 0 aromatic heterocycles. The van der Waals surface area contributed by atoms with Gasteiger partial charge in [0.05, 0.1) is 6.26 Å². The molecule has 1 aromatic carbocycles. The summed E-state index contributed by atoms with van der Waals surface area (Å²) in [5.74, 6) is -0.236. The Kier molecular flexibility index (Phi) is 6.07. The number of nitrogens with one attached hydrogen (secondary N) is 2. The van der Waals surface area contributed by atoms with Crippen LogP contribution in [0, 0.1) is 6.92 Å². The summed E-state index contributed by atoms with van der Waals surface area (Å²) in [4.78, 5) is 28.5. The standard InChI is InChI=1S/C19H28N4O4S/c1-13-6-4-5-7-15(13)10-22-12-17-8-16(21-28(3,26)27)11-23(17)19(25)18(22)9-20-14(2)24/h4-7,16-18,21H,8-12H2,1-3H3,(H,20,24)/t16-,17-,18-/m0/s1. The van der Waals surface area contributed by atoms with E-state index in [0.717, 1.165) is 17.4 Å². The van der Waals surface area contributed by atoms with E-state index in [9.17, 15) is 18.0 Å². The van der Waals surface area contributed by atoms with Crippen LogP contribution in [0.3, 0.4) is 0 Å². The molecule has 2 aliphatic rings. The zero-order valence-electron chi connectivity index (χ0n) is 16.5. The first-order valence-corrected chi connectivity index (χ1v) is 11.3. The van der Waals surface area contributed by atoms with Gasteiger partial charge >= 0.3 is 0 Å². The number of piperazine rings is 1. The molecule has 0 radical (unpaired) electrons. The number of amides is 2. The zero-order chi connectivity index (χ0) is 20.5. The Hall–Kier alpha value is -1.97. The highest BCUT2D eigenvalue weighted by Crippen LogP contribution is 2.28. The molecule has 9 heteroatoms. The Morgan fingerprint density at radius 3 is 2.61 bits per heavy atom. The Balaban J connectivity index is 1.80. The van der Waals surface area contributed by atoms with E-state index >= 15 is 0 Å². The van der Waals surface area contributed by atoms with Gasteiger partial charge in [0.15, 0.2) is 0 Å². The lowest BCUT2D eigenvalue weighted by atomic mass is 10.0. The van der Waals surface area contributed by atoms with Crippen molar-refractivity contribution < 1.29 is 18.0 Å². The number of sulfonamides is 1. The first kappa shape index (κ1) is 20.8. The molecule has 8 nitrogen and oxygen atoms in total. The van der Waals surface area contributed by atoms with E-state index in [1.807, 2.05) is 31.2 Å². The molecule has 3 atom stereocenters. The summed E-state index contributed by atoms with van der Waals surface area (Å²) < 4.78 is 25.8. The van der Waals surface area contributed by atoms with Crippen molar-refractivity contribution in [2.24, 2.45) is 0 Å². The van der Waals surface area contributed by atoms with E-state index in [-0.39, 0.29) is 30.4 Å². The van der Waals surface area contributed by atoms with Gasteiger partial charge in [-0.25, -0.2) is 13.1 Å². The van der Waals surface area contributed by atoms with E-state index in [4.69, 9.17) is 0 Å². The van der Waals surface area contributed by atoms with Crippen molar-refractivity contribution in [2.45, 2.75) is 44.9 Å². The van der Waals surface area contributed by atoms with Crippen molar-refractivity contribution in [3.63, 3.8) is 0 Å². The molecule has 0 unspecified atom stereocenters. The quantitative estimate of drug-likeness (QED) is 0.681. The van der Waals surface area contributed by atoms with Crippen LogP contribution in [0.5, 0.6) is 0 Å². The van der Waals surface area contributed by atoms with E-state index in [2.05, 4.69) is 14.9 Å². The number of aryl methyl sites for hydroxylation is 1. The van der Waals surface area contributed by atoms with Gasteiger partial charge in [0.2, 0.25) is 21.8 Å². The average molecular weight is 409 g/mol. The fourth-order valence-electron chi connectivity index (χ4n) is 4.13. The minimum atomic E-state index is -3.33. The Bertz CT molecular complexity index is 857. The molecule has 0 saturated carbocycles. The number of benzene rings is 1. The molecule has 2 aliphatic heterocycles. The predicted molar refractivity (Wildman–Crippen MR) is 106 cm³/mol. The van der Waals surface area contributed by atoms with Gasteiger partial charge in [0.25, 0.3) is 0 Å². The first-order valence-electron chi connectivity index (χ1n) is 9.45. The second-order valence-electron chi connectivity index (χ2n) is 7.78. The maximum atomic E-state index is 13.2. The molecule has 3 rings (SSSR count). The highest BCUT2D eigenvalue weighted by Gasteiger charge is 2.45. The van der Waals surface area contributed by atoms with E-state index in [1.165, 1.54) is 6.92 Å². The van der Waals surface area contributed by atoms with Crippen LogP contribution in [-0.4, -0.2) is 74.0 Å². The van der Waals surface area contributed by atoms with Gasteiger partial charge in [-0.05, 0) is 24.5 Å². The van der Waals surface area contributed by atoms with Crippen LogP contribution in [-0.2, 0) is 26.2 Å².